The molecule has 1 aliphatic heterocycles. The topological polar surface area (TPSA) is 58.1 Å². The minimum Gasteiger partial charge on any atom is -0.357 e. The van der Waals surface area contributed by atoms with Gasteiger partial charge in [-0.25, -0.2) is 9.97 Å². The van der Waals surface area contributed by atoms with E-state index < -0.39 is 17.6 Å². The highest BCUT2D eigenvalue weighted by molar-refractivity contribution is 6.04. The number of halogens is 3. The van der Waals surface area contributed by atoms with Crippen molar-refractivity contribution in [2.75, 3.05) is 23.3 Å². The lowest BCUT2D eigenvalue weighted by Gasteiger charge is -2.16. The molecule has 1 aromatic heterocycles. The van der Waals surface area contributed by atoms with Gasteiger partial charge in [0.25, 0.3) is 5.91 Å². The molecule has 0 unspecified atom stereocenters. The normalized spacial score (nSPS) is 14.0. The number of carbonyl (C=O) groups excluding carboxylic acids is 1. The Kier molecular flexibility index (Phi) is 5.88. The van der Waals surface area contributed by atoms with Crippen LogP contribution in [0.5, 0.6) is 0 Å². The Balaban J connectivity index is 1.38. The molecule has 1 fully saturated rings. The van der Waals surface area contributed by atoms with Crippen molar-refractivity contribution >= 4 is 17.4 Å². The second kappa shape index (κ2) is 8.75. The monoisotopic (exact) mass is 426 g/mol. The summed E-state index contributed by atoms with van der Waals surface area (Å²) in [5.74, 6) is 1.21. The molecule has 4 rings (SSSR count). The second-order valence-corrected chi connectivity index (χ2v) is 7.43. The van der Waals surface area contributed by atoms with Crippen molar-refractivity contribution in [3.8, 4) is 0 Å². The Labute approximate surface area is 178 Å². The molecular weight excluding hydrogens is 405 g/mol. The zero-order chi connectivity index (χ0) is 21.8. The lowest BCUT2D eigenvalue weighted by atomic mass is 10.1. The van der Waals surface area contributed by atoms with Crippen molar-refractivity contribution in [2.24, 2.45) is 0 Å². The predicted octanol–water partition coefficient (Wildman–Crippen LogP) is 4.94. The van der Waals surface area contributed by atoms with Crippen LogP contribution in [0.4, 0.5) is 24.7 Å². The Morgan fingerprint density at radius 3 is 2.29 bits per heavy atom. The molecule has 0 saturated carbocycles. The molecule has 1 N–H and O–H groups in total. The highest BCUT2D eigenvalue weighted by Crippen LogP contribution is 2.29. The quantitative estimate of drug-likeness (QED) is 0.628. The van der Waals surface area contributed by atoms with Crippen LogP contribution in [-0.2, 0) is 12.6 Å². The molecule has 0 spiro atoms. The second-order valence-electron chi connectivity index (χ2n) is 7.43. The van der Waals surface area contributed by atoms with Crippen molar-refractivity contribution in [2.45, 2.75) is 25.4 Å². The molecule has 160 valence electrons. The van der Waals surface area contributed by atoms with Crippen molar-refractivity contribution in [3.05, 3.63) is 83.3 Å². The maximum atomic E-state index is 12.7. The first-order valence-corrected chi connectivity index (χ1v) is 10.0. The number of aromatic nitrogens is 2. The zero-order valence-electron chi connectivity index (χ0n) is 16.7. The molecule has 1 saturated heterocycles. The third-order valence-electron chi connectivity index (χ3n) is 5.17. The largest absolute Gasteiger partial charge is 0.416 e. The van der Waals surface area contributed by atoms with Gasteiger partial charge in [-0.1, -0.05) is 12.1 Å². The van der Waals surface area contributed by atoms with E-state index in [-0.39, 0.29) is 5.56 Å². The number of carbonyl (C=O) groups is 1. The summed E-state index contributed by atoms with van der Waals surface area (Å²) < 4.78 is 38.0. The summed E-state index contributed by atoms with van der Waals surface area (Å²) in [7, 11) is 0. The highest BCUT2D eigenvalue weighted by atomic mass is 19.4. The third-order valence-corrected chi connectivity index (χ3v) is 5.17. The average Bonchev–Trinajstić information content (AvgIpc) is 3.30. The summed E-state index contributed by atoms with van der Waals surface area (Å²) >= 11 is 0. The van der Waals surface area contributed by atoms with E-state index in [4.69, 9.17) is 0 Å². The smallest absolute Gasteiger partial charge is 0.357 e. The first-order chi connectivity index (χ1) is 14.9. The van der Waals surface area contributed by atoms with Crippen LogP contribution in [-0.4, -0.2) is 29.0 Å². The number of amides is 1. The van der Waals surface area contributed by atoms with Gasteiger partial charge in [-0.05, 0) is 60.9 Å². The number of rotatable bonds is 5. The average molecular weight is 426 g/mol. The summed E-state index contributed by atoms with van der Waals surface area (Å²) in [5.41, 5.74) is 0.917. The standard InChI is InChI=1S/C23H21F3N4O/c24-23(25,26)18-7-5-17(6-8-18)22(31)28-19-9-3-16(4-10-19)15-20-27-12-11-21(29-20)30-13-1-2-14-30/h3-12H,1-2,13-15H2,(H,28,31). The van der Waals surface area contributed by atoms with E-state index in [1.165, 1.54) is 12.8 Å². The Morgan fingerprint density at radius 2 is 1.65 bits per heavy atom. The number of anilines is 2. The number of nitrogens with one attached hydrogen (secondary N) is 1. The Bertz CT molecular complexity index is 1040. The number of hydrogen-bond acceptors (Lipinski definition) is 4. The molecule has 3 aromatic rings. The SMILES string of the molecule is O=C(Nc1ccc(Cc2nccc(N3CCCC3)n2)cc1)c1ccc(C(F)(F)F)cc1. The van der Waals surface area contributed by atoms with Gasteiger partial charge < -0.3 is 10.2 Å². The zero-order valence-corrected chi connectivity index (χ0v) is 16.7. The van der Waals surface area contributed by atoms with Gasteiger partial charge in [0.15, 0.2) is 0 Å². The van der Waals surface area contributed by atoms with Crippen LogP contribution in [0.2, 0.25) is 0 Å². The molecule has 1 amide bonds. The number of nitrogens with zero attached hydrogens (tertiary/aromatic N) is 3. The van der Waals surface area contributed by atoms with Gasteiger partial charge in [-0.15, -0.1) is 0 Å². The van der Waals surface area contributed by atoms with Crippen LogP contribution < -0.4 is 10.2 Å². The molecule has 2 heterocycles. The number of hydrogen-bond donors (Lipinski definition) is 1. The third kappa shape index (κ3) is 5.20. The summed E-state index contributed by atoms with van der Waals surface area (Å²) in [6, 6.07) is 13.3. The van der Waals surface area contributed by atoms with Gasteiger partial charge in [0.2, 0.25) is 0 Å². The van der Waals surface area contributed by atoms with Crippen LogP contribution >= 0.6 is 0 Å². The van der Waals surface area contributed by atoms with E-state index in [9.17, 15) is 18.0 Å². The molecule has 31 heavy (non-hydrogen) atoms. The predicted molar refractivity (Wildman–Crippen MR) is 112 cm³/mol. The molecular formula is C23H21F3N4O. The van der Waals surface area contributed by atoms with Crippen LogP contribution in [0.25, 0.3) is 0 Å². The minimum atomic E-state index is -4.43. The first kappa shape index (κ1) is 20.8. The van der Waals surface area contributed by atoms with E-state index in [0.717, 1.165) is 54.6 Å². The van der Waals surface area contributed by atoms with E-state index in [1.54, 1.807) is 18.3 Å². The lowest BCUT2D eigenvalue weighted by Crippen LogP contribution is -2.19. The Hall–Kier alpha value is -3.42. The molecule has 0 atom stereocenters. The maximum Gasteiger partial charge on any atom is 0.416 e. The van der Waals surface area contributed by atoms with Crippen LogP contribution in [0, 0.1) is 0 Å². The van der Waals surface area contributed by atoms with Gasteiger partial charge in [0.05, 0.1) is 5.56 Å². The van der Waals surface area contributed by atoms with Gasteiger partial charge in [0.1, 0.15) is 11.6 Å². The lowest BCUT2D eigenvalue weighted by molar-refractivity contribution is -0.137. The van der Waals surface area contributed by atoms with Crippen LogP contribution in [0.15, 0.2) is 60.8 Å². The summed E-state index contributed by atoms with van der Waals surface area (Å²) in [6.07, 6.45) is 0.268. The summed E-state index contributed by atoms with van der Waals surface area (Å²) in [6.45, 7) is 2.04. The van der Waals surface area contributed by atoms with Gasteiger partial charge in [-0.3, -0.25) is 4.79 Å². The first-order valence-electron chi connectivity index (χ1n) is 10.0. The molecule has 2 aromatic carbocycles. The fraction of sp³-hybridized carbons (Fsp3) is 0.261. The fourth-order valence-corrected chi connectivity index (χ4v) is 3.50. The van der Waals surface area contributed by atoms with E-state index in [2.05, 4.69) is 20.2 Å². The van der Waals surface area contributed by atoms with E-state index in [1.807, 2.05) is 18.2 Å². The molecule has 0 bridgehead atoms. The molecule has 5 nitrogen and oxygen atoms in total. The van der Waals surface area contributed by atoms with Crippen LogP contribution in [0.3, 0.4) is 0 Å². The van der Waals surface area contributed by atoms with Gasteiger partial charge in [0, 0.05) is 37.0 Å². The van der Waals surface area contributed by atoms with E-state index in [0.29, 0.717) is 12.1 Å². The summed E-state index contributed by atoms with van der Waals surface area (Å²) in [5, 5.41) is 2.70. The van der Waals surface area contributed by atoms with Crippen molar-refractivity contribution in [3.63, 3.8) is 0 Å². The van der Waals surface area contributed by atoms with E-state index >= 15 is 0 Å². The van der Waals surface area contributed by atoms with Crippen molar-refractivity contribution < 1.29 is 18.0 Å². The van der Waals surface area contributed by atoms with Gasteiger partial charge >= 0.3 is 6.18 Å². The number of alkyl halides is 3. The van der Waals surface area contributed by atoms with Crippen molar-refractivity contribution in [1.82, 2.24) is 9.97 Å². The molecule has 8 heteroatoms. The Morgan fingerprint density at radius 1 is 0.968 bits per heavy atom. The maximum absolute atomic E-state index is 12.7. The molecule has 0 aliphatic carbocycles. The number of benzene rings is 2. The summed E-state index contributed by atoms with van der Waals surface area (Å²) in [4.78, 5) is 23.6. The highest BCUT2D eigenvalue weighted by Gasteiger charge is 2.30. The minimum absolute atomic E-state index is 0.157. The van der Waals surface area contributed by atoms with Crippen molar-refractivity contribution in [1.29, 1.82) is 0 Å². The van der Waals surface area contributed by atoms with Gasteiger partial charge in [-0.2, -0.15) is 13.2 Å². The van der Waals surface area contributed by atoms with Crippen LogP contribution in [0.1, 0.15) is 40.2 Å². The molecule has 0 radical (unpaired) electrons. The fourth-order valence-electron chi connectivity index (χ4n) is 3.50. The molecule has 1 aliphatic rings.